The second-order valence-electron chi connectivity index (χ2n) is 6.10. The number of fused-ring (bicyclic) bond motifs is 1. The topological polar surface area (TPSA) is 63.7 Å². The van der Waals surface area contributed by atoms with Crippen molar-refractivity contribution >= 4 is 26.5 Å². The summed E-state index contributed by atoms with van der Waals surface area (Å²) < 4.78 is 29.0. The van der Waals surface area contributed by atoms with Gasteiger partial charge in [0.2, 0.25) is 0 Å². The number of sulfone groups is 1. The van der Waals surface area contributed by atoms with Crippen LogP contribution in [0.5, 0.6) is 5.75 Å². The van der Waals surface area contributed by atoms with Gasteiger partial charge in [-0.1, -0.05) is 24.3 Å². The molecule has 1 fully saturated rings. The molecule has 1 atom stereocenters. The minimum Gasteiger partial charge on any atom is -0.493 e. The van der Waals surface area contributed by atoms with E-state index in [1.54, 1.807) is 7.05 Å². The fraction of sp³-hybridized carbons (Fsp3) is 0.389. The summed E-state index contributed by atoms with van der Waals surface area (Å²) in [5.74, 6) is 0.512. The van der Waals surface area contributed by atoms with Crippen LogP contribution in [0.4, 0.5) is 0 Å². The number of rotatable bonds is 4. The van der Waals surface area contributed by atoms with Crippen LogP contribution in [0.3, 0.4) is 0 Å². The zero-order valence-corrected chi connectivity index (χ0v) is 14.7. The van der Waals surface area contributed by atoms with Crippen molar-refractivity contribution in [3.8, 4) is 5.75 Å². The molecule has 6 heteroatoms. The van der Waals surface area contributed by atoms with Crippen LogP contribution >= 0.6 is 0 Å². The number of ether oxygens (including phenoxy) is 1. The Hall–Kier alpha value is -2.08. The average molecular weight is 347 g/mol. The first-order valence-corrected chi connectivity index (χ1v) is 9.86. The summed E-state index contributed by atoms with van der Waals surface area (Å²) in [7, 11) is -1.37. The molecule has 0 bridgehead atoms. The summed E-state index contributed by atoms with van der Waals surface area (Å²) in [4.78, 5) is 14.5. The van der Waals surface area contributed by atoms with Crippen molar-refractivity contribution in [2.24, 2.45) is 0 Å². The van der Waals surface area contributed by atoms with Crippen molar-refractivity contribution in [2.45, 2.75) is 19.4 Å². The average Bonchev–Trinajstić information content (AvgIpc) is 2.93. The highest BCUT2D eigenvalue weighted by atomic mass is 32.2. The lowest BCUT2D eigenvalue weighted by Crippen LogP contribution is -2.38. The van der Waals surface area contributed by atoms with Crippen LogP contribution in [0.2, 0.25) is 0 Å². The molecule has 1 heterocycles. The largest absolute Gasteiger partial charge is 0.493 e. The van der Waals surface area contributed by atoms with Crippen molar-refractivity contribution in [1.82, 2.24) is 4.90 Å². The van der Waals surface area contributed by atoms with E-state index in [1.807, 2.05) is 43.3 Å². The van der Waals surface area contributed by atoms with Gasteiger partial charge in [-0.05, 0) is 36.2 Å². The summed E-state index contributed by atoms with van der Waals surface area (Å²) in [6.45, 7) is 2.33. The van der Waals surface area contributed by atoms with Crippen LogP contribution < -0.4 is 4.74 Å². The van der Waals surface area contributed by atoms with Crippen LogP contribution in [0.15, 0.2) is 36.4 Å². The standard InChI is InChI=1S/C18H21NO4S/c1-3-23-17-11-14-7-5-4-6-13(14)10-16(17)18(20)19(2)15-8-9-24(21,22)12-15/h4-7,10-11,15H,3,8-9,12H2,1-2H3. The Bertz CT molecular complexity index is 876. The summed E-state index contributed by atoms with van der Waals surface area (Å²) in [6.07, 6.45) is 0.488. The van der Waals surface area contributed by atoms with Gasteiger partial charge in [0.15, 0.2) is 9.84 Å². The van der Waals surface area contributed by atoms with E-state index in [0.717, 1.165) is 10.8 Å². The second kappa shape index (κ2) is 6.43. The molecule has 0 radical (unpaired) electrons. The molecular weight excluding hydrogens is 326 g/mol. The lowest BCUT2D eigenvalue weighted by Gasteiger charge is -2.24. The first-order valence-electron chi connectivity index (χ1n) is 8.04. The Labute approximate surface area is 142 Å². The molecule has 1 aliphatic heterocycles. The summed E-state index contributed by atoms with van der Waals surface area (Å²) in [6, 6.07) is 11.2. The molecule has 2 aromatic carbocycles. The Morgan fingerprint density at radius 1 is 1.25 bits per heavy atom. The third kappa shape index (κ3) is 3.24. The van der Waals surface area contributed by atoms with E-state index >= 15 is 0 Å². The molecule has 24 heavy (non-hydrogen) atoms. The maximum atomic E-state index is 12.9. The minimum atomic E-state index is -3.04. The highest BCUT2D eigenvalue weighted by molar-refractivity contribution is 7.91. The predicted molar refractivity (Wildman–Crippen MR) is 94.3 cm³/mol. The molecule has 5 nitrogen and oxygen atoms in total. The maximum absolute atomic E-state index is 12.9. The van der Waals surface area contributed by atoms with Crippen molar-refractivity contribution < 1.29 is 17.9 Å². The Morgan fingerprint density at radius 2 is 1.92 bits per heavy atom. The van der Waals surface area contributed by atoms with Crippen LogP contribution in [-0.4, -0.2) is 50.4 Å². The maximum Gasteiger partial charge on any atom is 0.257 e. The summed E-state index contributed by atoms with van der Waals surface area (Å²) in [5.41, 5.74) is 0.474. The second-order valence-corrected chi connectivity index (χ2v) is 8.33. The Balaban J connectivity index is 1.97. The molecule has 3 rings (SSSR count). The van der Waals surface area contributed by atoms with Crippen LogP contribution in [0, 0.1) is 0 Å². The zero-order chi connectivity index (χ0) is 17.3. The number of hydrogen-bond donors (Lipinski definition) is 0. The van der Waals surface area contributed by atoms with Gasteiger partial charge in [-0.25, -0.2) is 8.42 Å². The summed E-state index contributed by atoms with van der Waals surface area (Å²) >= 11 is 0. The number of carbonyl (C=O) groups is 1. The van der Waals surface area contributed by atoms with E-state index in [1.165, 1.54) is 4.90 Å². The minimum absolute atomic E-state index is 0.0345. The quantitative estimate of drug-likeness (QED) is 0.852. The van der Waals surface area contributed by atoms with E-state index in [0.29, 0.717) is 24.3 Å². The lowest BCUT2D eigenvalue weighted by molar-refractivity contribution is 0.0743. The molecule has 0 spiro atoms. The molecule has 128 valence electrons. The van der Waals surface area contributed by atoms with Gasteiger partial charge in [-0.2, -0.15) is 0 Å². The van der Waals surface area contributed by atoms with Crippen LogP contribution in [0.25, 0.3) is 10.8 Å². The Kier molecular flexibility index (Phi) is 4.49. The molecule has 0 N–H and O–H groups in total. The molecule has 0 aliphatic carbocycles. The monoisotopic (exact) mass is 347 g/mol. The Morgan fingerprint density at radius 3 is 2.50 bits per heavy atom. The molecule has 2 aromatic rings. The van der Waals surface area contributed by atoms with Gasteiger partial charge in [0, 0.05) is 13.1 Å². The number of benzene rings is 2. The van der Waals surface area contributed by atoms with Crippen molar-refractivity contribution in [1.29, 1.82) is 0 Å². The molecule has 1 amide bonds. The first kappa shape index (κ1) is 16.8. The van der Waals surface area contributed by atoms with Gasteiger partial charge in [-0.3, -0.25) is 4.79 Å². The smallest absolute Gasteiger partial charge is 0.257 e. The van der Waals surface area contributed by atoms with Gasteiger partial charge in [0.1, 0.15) is 5.75 Å². The van der Waals surface area contributed by atoms with Crippen LogP contribution in [-0.2, 0) is 9.84 Å². The van der Waals surface area contributed by atoms with Gasteiger partial charge in [0.25, 0.3) is 5.91 Å². The van der Waals surface area contributed by atoms with E-state index in [-0.39, 0.29) is 23.5 Å². The predicted octanol–water partition coefficient (Wildman–Crippen LogP) is 2.50. The number of hydrogen-bond acceptors (Lipinski definition) is 4. The van der Waals surface area contributed by atoms with Crippen molar-refractivity contribution in [2.75, 3.05) is 25.2 Å². The molecule has 0 aromatic heterocycles. The molecular formula is C18H21NO4S. The zero-order valence-electron chi connectivity index (χ0n) is 13.9. The van der Waals surface area contributed by atoms with E-state index in [9.17, 15) is 13.2 Å². The normalized spacial score (nSPS) is 19.3. The SMILES string of the molecule is CCOc1cc2ccccc2cc1C(=O)N(C)C1CCS(=O)(=O)C1. The molecule has 1 unspecified atom stereocenters. The third-order valence-electron chi connectivity index (χ3n) is 4.45. The van der Waals surface area contributed by atoms with E-state index in [2.05, 4.69) is 0 Å². The highest BCUT2D eigenvalue weighted by Gasteiger charge is 2.33. The third-order valence-corrected chi connectivity index (χ3v) is 6.20. The molecule has 1 saturated heterocycles. The molecule has 0 saturated carbocycles. The number of amides is 1. The number of carbonyl (C=O) groups excluding carboxylic acids is 1. The fourth-order valence-corrected chi connectivity index (χ4v) is 4.87. The lowest BCUT2D eigenvalue weighted by atomic mass is 10.0. The van der Waals surface area contributed by atoms with Crippen LogP contribution in [0.1, 0.15) is 23.7 Å². The summed E-state index contributed by atoms with van der Waals surface area (Å²) in [5, 5.41) is 1.96. The molecule has 1 aliphatic rings. The van der Waals surface area contributed by atoms with Crippen molar-refractivity contribution in [3.63, 3.8) is 0 Å². The van der Waals surface area contributed by atoms with Gasteiger partial charge >= 0.3 is 0 Å². The van der Waals surface area contributed by atoms with Gasteiger partial charge in [0.05, 0.1) is 23.7 Å². The van der Waals surface area contributed by atoms with Gasteiger partial charge < -0.3 is 9.64 Å². The van der Waals surface area contributed by atoms with E-state index in [4.69, 9.17) is 4.74 Å². The fourth-order valence-electron chi connectivity index (χ4n) is 3.10. The first-order chi connectivity index (χ1) is 11.4. The van der Waals surface area contributed by atoms with Gasteiger partial charge in [-0.15, -0.1) is 0 Å². The highest BCUT2D eigenvalue weighted by Crippen LogP contribution is 2.28. The van der Waals surface area contributed by atoms with E-state index < -0.39 is 9.84 Å². The number of nitrogens with zero attached hydrogens (tertiary/aromatic N) is 1. The van der Waals surface area contributed by atoms with Crippen molar-refractivity contribution in [3.05, 3.63) is 42.0 Å².